The highest BCUT2D eigenvalue weighted by molar-refractivity contribution is 5.17. The van der Waals surface area contributed by atoms with Crippen LogP contribution < -0.4 is 5.73 Å². The Bertz CT molecular complexity index is 535. The summed E-state index contributed by atoms with van der Waals surface area (Å²) in [5, 5.41) is 4.00. The van der Waals surface area contributed by atoms with E-state index < -0.39 is 5.60 Å². The molecule has 1 aromatic heterocycles. The maximum absolute atomic E-state index is 6.13. The summed E-state index contributed by atoms with van der Waals surface area (Å²) < 4.78 is 10.7. The molecule has 0 aliphatic carbocycles. The molecule has 108 valence electrons. The zero-order chi connectivity index (χ0) is 14.6. The normalized spacial score (nSPS) is 15.8. The van der Waals surface area contributed by atoms with Gasteiger partial charge in [0.05, 0.1) is 6.04 Å². The van der Waals surface area contributed by atoms with Gasteiger partial charge >= 0.3 is 0 Å². The smallest absolute Gasteiger partial charge is 0.244 e. The summed E-state index contributed by atoms with van der Waals surface area (Å²) in [6.07, 6.45) is 1.43. The first-order chi connectivity index (χ1) is 9.59. The van der Waals surface area contributed by atoms with Crippen molar-refractivity contribution < 1.29 is 9.26 Å². The average Bonchev–Trinajstić information content (AvgIpc) is 2.98. The van der Waals surface area contributed by atoms with E-state index in [1.165, 1.54) is 0 Å². The van der Waals surface area contributed by atoms with Gasteiger partial charge < -0.3 is 15.0 Å². The minimum atomic E-state index is -0.534. The molecule has 2 N–H and O–H groups in total. The Morgan fingerprint density at radius 2 is 2.05 bits per heavy atom. The molecular weight excluding hydrogens is 254 g/mol. The Morgan fingerprint density at radius 1 is 1.35 bits per heavy atom. The van der Waals surface area contributed by atoms with Crippen molar-refractivity contribution in [2.75, 3.05) is 7.11 Å². The second-order valence-electron chi connectivity index (χ2n) is 5.04. The van der Waals surface area contributed by atoms with E-state index in [2.05, 4.69) is 10.1 Å². The molecule has 20 heavy (non-hydrogen) atoms. The zero-order valence-electron chi connectivity index (χ0n) is 12.2. The average molecular weight is 275 g/mol. The van der Waals surface area contributed by atoms with Crippen LogP contribution in [-0.4, -0.2) is 17.3 Å². The van der Waals surface area contributed by atoms with E-state index >= 15 is 0 Å². The molecule has 5 nitrogen and oxygen atoms in total. The summed E-state index contributed by atoms with van der Waals surface area (Å²) in [6, 6.07) is 9.70. The third kappa shape index (κ3) is 3.05. The van der Waals surface area contributed by atoms with Gasteiger partial charge in [-0.3, -0.25) is 0 Å². The molecule has 0 amide bonds. The number of benzene rings is 1. The predicted molar refractivity (Wildman–Crippen MR) is 76.0 cm³/mol. The highest BCUT2D eigenvalue weighted by atomic mass is 16.5. The molecule has 0 saturated heterocycles. The highest BCUT2D eigenvalue weighted by Gasteiger charge is 2.30. The van der Waals surface area contributed by atoms with Crippen LogP contribution in [0.25, 0.3) is 0 Å². The van der Waals surface area contributed by atoms with Crippen molar-refractivity contribution in [2.45, 2.75) is 38.3 Å². The lowest BCUT2D eigenvalue weighted by Gasteiger charge is -2.21. The molecule has 2 rings (SSSR count). The first kappa shape index (κ1) is 14.7. The number of ether oxygens (including phenoxy) is 1. The number of hydrogen-bond donors (Lipinski definition) is 1. The standard InChI is InChI=1S/C15H21N3O2/c1-4-15(2,19-3)14-17-13(20-18-14)12(16)10-11-8-6-5-7-9-11/h5-9,12H,4,10,16H2,1-3H3/t12-,15?/m0/s1. The van der Waals surface area contributed by atoms with Gasteiger partial charge in [-0.2, -0.15) is 4.98 Å². The Hall–Kier alpha value is -1.72. The maximum atomic E-state index is 6.13. The van der Waals surface area contributed by atoms with Gasteiger partial charge in [0.1, 0.15) is 5.60 Å². The van der Waals surface area contributed by atoms with Gasteiger partial charge in [-0.05, 0) is 25.3 Å². The van der Waals surface area contributed by atoms with Gasteiger partial charge in [0, 0.05) is 7.11 Å². The lowest BCUT2D eigenvalue weighted by molar-refractivity contribution is -0.0106. The van der Waals surface area contributed by atoms with Crippen molar-refractivity contribution in [1.82, 2.24) is 10.1 Å². The monoisotopic (exact) mass is 275 g/mol. The lowest BCUT2D eigenvalue weighted by Crippen LogP contribution is -2.25. The van der Waals surface area contributed by atoms with E-state index in [0.717, 1.165) is 12.0 Å². The molecule has 2 aromatic rings. The van der Waals surface area contributed by atoms with Crippen molar-refractivity contribution in [1.29, 1.82) is 0 Å². The maximum Gasteiger partial charge on any atom is 0.244 e. The van der Waals surface area contributed by atoms with Crippen molar-refractivity contribution in [3.05, 3.63) is 47.6 Å². The van der Waals surface area contributed by atoms with Gasteiger partial charge in [-0.1, -0.05) is 42.4 Å². The fraction of sp³-hybridized carbons (Fsp3) is 0.467. The second kappa shape index (κ2) is 6.15. The van der Waals surface area contributed by atoms with Crippen molar-refractivity contribution in [3.63, 3.8) is 0 Å². The lowest BCUT2D eigenvalue weighted by atomic mass is 10.0. The fourth-order valence-corrected chi connectivity index (χ4v) is 1.95. The highest BCUT2D eigenvalue weighted by Crippen LogP contribution is 2.26. The molecule has 0 radical (unpaired) electrons. The molecule has 0 saturated carbocycles. The summed E-state index contributed by atoms with van der Waals surface area (Å²) in [4.78, 5) is 4.39. The van der Waals surface area contributed by atoms with E-state index in [-0.39, 0.29) is 6.04 Å². The van der Waals surface area contributed by atoms with Gasteiger partial charge in [-0.15, -0.1) is 0 Å². The molecule has 0 bridgehead atoms. The second-order valence-corrected chi connectivity index (χ2v) is 5.04. The Morgan fingerprint density at radius 3 is 2.65 bits per heavy atom. The molecule has 5 heteroatoms. The first-order valence-electron chi connectivity index (χ1n) is 6.78. The van der Waals surface area contributed by atoms with E-state index in [9.17, 15) is 0 Å². The van der Waals surface area contributed by atoms with Crippen molar-refractivity contribution in [2.24, 2.45) is 5.73 Å². The largest absolute Gasteiger partial charge is 0.370 e. The summed E-state index contributed by atoms with van der Waals surface area (Å²) in [5.41, 5.74) is 6.74. The molecule has 2 atom stereocenters. The van der Waals surface area contributed by atoms with Gasteiger partial charge in [-0.25, -0.2) is 0 Å². The van der Waals surface area contributed by atoms with Crippen LogP contribution in [-0.2, 0) is 16.8 Å². The van der Waals surface area contributed by atoms with Crippen LogP contribution in [0.5, 0.6) is 0 Å². The number of rotatable bonds is 6. The van der Waals surface area contributed by atoms with E-state index in [1.54, 1.807) is 7.11 Å². The predicted octanol–water partition coefficient (Wildman–Crippen LogP) is 2.58. The first-order valence-corrected chi connectivity index (χ1v) is 6.78. The quantitative estimate of drug-likeness (QED) is 0.877. The summed E-state index contributed by atoms with van der Waals surface area (Å²) >= 11 is 0. The molecular formula is C15H21N3O2. The van der Waals surface area contributed by atoms with Crippen molar-refractivity contribution >= 4 is 0 Å². The zero-order valence-corrected chi connectivity index (χ0v) is 12.2. The Labute approximate surface area is 119 Å². The molecule has 1 heterocycles. The van der Waals surface area contributed by atoms with Crippen LogP contribution >= 0.6 is 0 Å². The molecule has 1 aromatic carbocycles. The Kier molecular flexibility index (Phi) is 4.52. The van der Waals surface area contributed by atoms with Crippen molar-refractivity contribution in [3.8, 4) is 0 Å². The summed E-state index contributed by atoms with van der Waals surface area (Å²) in [7, 11) is 1.64. The number of nitrogens with two attached hydrogens (primary N) is 1. The fourth-order valence-electron chi connectivity index (χ4n) is 1.95. The molecule has 0 aliphatic heterocycles. The van der Waals surface area contributed by atoms with E-state index in [0.29, 0.717) is 18.1 Å². The number of nitrogens with zero attached hydrogens (tertiary/aromatic N) is 2. The van der Waals surface area contributed by atoms with Gasteiger partial charge in [0.15, 0.2) is 0 Å². The van der Waals surface area contributed by atoms with Crippen LogP contribution in [0, 0.1) is 0 Å². The number of aromatic nitrogens is 2. The van der Waals surface area contributed by atoms with Gasteiger partial charge in [0.25, 0.3) is 0 Å². The third-order valence-corrected chi connectivity index (χ3v) is 3.66. The molecule has 1 unspecified atom stereocenters. The minimum absolute atomic E-state index is 0.309. The SMILES string of the molecule is CCC(C)(OC)c1noc([C@@H](N)Cc2ccccc2)n1. The molecule has 0 spiro atoms. The van der Waals surface area contributed by atoms with Crippen LogP contribution in [0.2, 0.25) is 0 Å². The van der Waals surface area contributed by atoms with Crippen LogP contribution in [0.15, 0.2) is 34.9 Å². The molecule has 0 fully saturated rings. The van der Waals surface area contributed by atoms with E-state index in [4.69, 9.17) is 15.0 Å². The minimum Gasteiger partial charge on any atom is -0.370 e. The van der Waals surface area contributed by atoms with Crippen LogP contribution in [0.1, 0.15) is 43.6 Å². The number of hydrogen-bond acceptors (Lipinski definition) is 5. The molecule has 0 aliphatic rings. The van der Waals surface area contributed by atoms with E-state index in [1.807, 2.05) is 44.2 Å². The van der Waals surface area contributed by atoms with Crippen LogP contribution in [0.3, 0.4) is 0 Å². The summed E-state index contributed by atoms with van der Waals surface area (Å²) in [6.45, 7) is 3.95. The Balaban J connectivity index is 2.12. The summed E-state index contributed by atoms with van der Waals surface area (Å²) in [5.74, 6) is 0.988. The number of methoxy groups -OCH3 is 1. The van der Waals surface area contributed by atoms with Gasteiger partial charge in [0.2, 0.25) is 11.7 Å². The topological polar surface area (TPSA) is 74.2 Å². The van der Waals surface area contributed by atoms with Crippen LogP contribution in [0.4, 0.5) is 0 Å². The third-order valence-electron chi connectivity index (χ3n) is 3.66.